The van der Waals surface area contributed by atoms with E-state index in [1.54, 1.807) is 24.3 Å². The monoisotopic (exact) mass is 360 g/mol. The van der Waals surface area contributed by atoms with Gasteiger partial charge >= 0.3 is 6.18 Å². The molecule has 0 spiro atoms. The van der Waals surface area contributed by atoms with Gasteiger partial charge in [-0.25, -0.2) is 0 Å². The molecule has 128 valence electrons. The maximum Gasteiger partial charge on any atom is 0.418 e. The third kappa shape index (κ3) is 3.88. The van der Waals surface area contributed by atoms with E-state index in [0.29, 0.717) is 17.4 Å². The molecule has 0 aliphatic rings. The first-order valence-corrected chi connectivity index (χ1v) is 7.02. The molecule has 9 heteroatoms. The van der Waals surface area contributed by atoms with Crippen LogP contribution in [0, 0.1) is 10.1 Å². The summed E-state index contributed by atoms with van der Waals surface area (Å²) in [7, 11) is 1.47. The molecule has 24 heavy (non-hydrogen) atoms. The number of nitrogens with zero attached hydrogens (tertiary/aromatic N) is 1. The zero-order chi connectivity index (χ0) is 17.9. The number of hydrogen-bond donors (Lipinski definition) is 1. The van der Waals surface area contributed by atoms with Crippen molar-refractivity contribution >= 4 is 23.0 Å². The number of halogens is 4. The fraction of sp³-hybridized carbons (Fsp3) is 0.200. The molecular weight excluding hydrogens is 349 g/mol. The number of hydrogen-bond acceptors (Lipinski definition) is 4. The highest BCUT2D eigenvalue weighted by molar-refractivity contribution is 6.31. The van der Waals surface area contributed by atoms with Crippen molar-refractivity contribution < 1.29 is 22.8 Å². The van der Waals surface area contributed by atoms with E-state index < -0.39 is 27.4 Å². The number of ether oxygens (including phenoxy) is 1. The van der Waals surface area contributed by atoms with E-state index in [1.165, 1.54) is 7.11 Å². The highest BCUT2D eigenvalue weighted by Gasteiger charge is 2.36. The molecule has 5 nitrogen and oxygen atoms in total. The van der Waals surface area contributed by atoms with Crippen LogP contribution in [-0.2, 0) is 12.7 Å². The van der Waals surface area contributed by atoms with Gasteiger partial charge in [-0.1, -0.05) is 29.8 Å². The number of nitro groups is 1. The molecule has 0 unspecified atom stereocenters. The molecule has 0 aromatic heterocycles. The van der Waals surface area contributed by atoms with Crippen molar-refractivity contribution in [3.63, 3.8) is 0 Å². The van der Waals surface area contributed by atoms with Crippen LogP contribution in [0.15, 0.2) is 36.4 Å². The van der Waals surface area contributed by atoms with Crippen LogP contribution < -0.4 is 10.1 Å². The highest BCUT2D eigenvalue weighted by atomic mass is 35.5. The SMILES string of the molecule is COc1ccccc1CNc1cc(Cl)c(C(F)(F)F)cc1[N+](=O)[O-]. The summed E-state index contributed by atoms with van der Waals surface area (Å²) >= 11 is 5.62. The third-order valence-corrected chi connectivity index (χ3v) is 3.56. The number of rotatable bonds is 5. The van der Waals surface area contributed by atoms with Crippen LogP contribution in [0.3, 0.4) is 0 Å². The number of benzene rings is 2. The molecule has 0 bridgehead atoms. The Morgan fingerprint density at radius 2 is 1.96 bits per heavy atom. The lowest BCUT2D eigenvalue weighted by Crippen LogP contribution is -2.09. The second-order valence-corrected chi connectivity index (χ2v) is 5.18. The molecule has 0 saturated heterocycles. The topological polar surface area (TPSA) is 64.4 Å². The van der Waals surface area contributed by atoms with Gasteiger partial charge in [-0.05, 0) is 12.1 Å². The molecule has 0 fully saturated rings. The lowest BCUT2D eigenvalue weighted by atomic mass is 10.1. The van der Waals surface area contributed by atoms with Gasteiger partial charge in [-0.15, -0.1) is 0 Å². The van der Waals surface area contributed by atoms with E-state index in [9.17, 15) is 23.3 Å². The molecule has 0 heterocycles. The average molecular weight is 361 g/mol. The minimum Gasteiger partial charge on any atom is -0.496 e. The summed E-state index contributed by atoms with van der Waals surface area (Å²) in [5.41, 5.74) is -1.38. The van der Waals surface area contributed by atoms with Gasteiger partial charge in [-0.3, -0.25) is 10.1 Å². The largest absolute Gasteiger partial charge is 0.496 e. The van der Waals surface area contributed by atoms with Crippen molar-refractivity contribution in [2.45, 2.75) is 12.7 Å². The predicted octanol–water partition coefficient (Wildman–Crippen LogP) is 4.89. The van der Waals surface area contributed by atoms with Gasteiger partial charge in [0, 0.05) is 18.2 Å². The van der Waals surface area contributed by atoms with Gasteiger partial charge in [0.1, 0.15) is 11.4 Å². The van der Waals surface area contributed by atoms with Gasteiger partial charge in [0.05, 0.1) is 22.6 Å². The van der Waals surface area contributed by atoms with Crippen LogP contribution in [0.5, 0.6) is 5.75 Å². The number of methoxy groups -OCH3 is 1. The summed E-state index contributed by atoms with van der Waals surface area (Å²) in [6, 6.07) is 8.24. The minimum absolute atomic E-state index is 0.107. The summed E-state index contributed by atoms with van der Waals surface area (Å²) in [6.07, 6.45) is -4.77. The zero-order valence-electron chi connectivity index (χ0n) is 12.4. The van der Waals surface area contributed by atoms with Crippen LogP contribution in [0.1, 0.15) is 11.1 Å². The number of anilines is 1. The number of nitro benzene ring substituents is 1. The maximum atomic E-state index is 12.8. The molecule has 0 saturated carbocycles. The van der Waals surface area contributed by atoms with E-state index in [1.807, 2.05) is 0 Å². The predicted molar refractivity (Wildman–Crippen MR) is 83.4 cm³/mol. The third-order valence-electron chi connectivity index (χ3n) is 3.25. The summed E-state index contributed by atoms with van der Waals surface area (Å²) in [5.74, 6) is 0.547. The van der Waals surface area contributed by atoms with Crippen LogP contribution in [0.25, 0.3) is 0 Å². The van der Waals surface area contributed by atoms with E-state index in [4.69, 9.17) is 16.3 Å². The van der Waals surface area contributed by atoms with Gasteiger partial charge in [0.15, 0.2) is 0 Å². The maximum absolute atomic E-state index is 12.8. The summed E-state index contributed by atoms with van der Waals surface area (Å²) in [5, 5.41) is 13.2. The quantitative estimate of drug-likeness (QED) is 0.609. The van der Waals surface area contributed by atoms with Crippen molar-refractivity contribution in [1.29, 1.82) is 0 Å². The Balaban J connectivity index is 2.36. The van der Waals surface area contributed by atoms with Crippen LogP contribution in [0.2, 0.25) is 5.02 Å². The fourth-order valence-electron chi connectivity index (χ4n) is 2.11. The normalized spacial score (nSPS) is 11.2. The van der Waals surface area contributed by atoms with Gasteiger partial charge in [0.25, 0.3) is 5.69 Å². The molecule has 0 aliphatic heterocycles. The van der Waals surface area contributed by atoms with Gasteiger partial charge < -0.3 is 10.1 Å². The Morgan fingerprint density at radius 3 is 2.54 bits per heavy atom. The smallest absolute Gasteiger partial charge is 0.418 e. The van der Waals surface area contributed by atoms with E-state index >= 15 is 0 Å². The second-order valence-electron chi connectivity index (χ2n) is 4.77. The first-order chi connectivity index (χ1) is 11.2. The standard InChI is InChI=1S/C15H12ClF3N2O3/c1-24-14-5-3-2-4-9(14)8-20-12-7-11(16)10(15(17,18)19)6-13(12)21(22)23/h2-7,20H,8H2,1H3. The fourth-order valence-corrected chi connectivity index (χ4v) is 2.38. The van der Waals surface area contributed by atoms with Crippen molar-refractivity contribution in [3.05, 3.63) is 62.7 Å². The molecule has 0 amide bonds. The Morgan fingerprint density at radius 1 is 1.29 bits per heavy atom. The first-order valence-electron chi connectivity index (χ1n) is 6.65. The van der Waals surface area contributed by atoms with Gasteiger partial charge in [-0.2, -0.15) is 13.2 Å². The van der Waals surface area contributed by atoms with Crippen molar-refractivity contribution in [2.24, 2.45) is 0 Å². The molecule has 0 radical (unpaired) electrons. The van der Waals surface area contributed by atoms with E-state index in [2.05, 4.69) is 5.32 Å². The molecule has 1 N–H and O–H groups in total. The molecule has 0 aliphatic carbocycles. The average Bonchev–Trinajstić information content (AvgIpc) is 2.51. The lowest BCUT2D eigenvalue weighted by Gasteiger charge is -2.13. The van der Waals surface area contributed by atoms with Gasteiger partial charge in [0.2, 0.25) is 0 Å². The van der Waals surface area contributed by atoms with Crippen molar-refractivity contribution in [1.82, 2.24) is 0 Å². The van der Waals surface area contributed by atoms with Crippen molar-refractivity contribution in [2.75, 3.05) is 12.4 Å². The second kappa shape index (κ2) is 6.96. The molecule has 0 atom stereocenters. The van der Waals surface area contributed by atoms with Crippen LogP contribution >= 0.6 is 11.6 Å². The Kier molecular flexibility index (Phi) is 5.18. The minimum atomic E-state index is -4.77. The Hall–Kier alpha value is -2.48. The van der Waals surface area contributed by atoms with E-state index in [0.717, 1.165) is 6.07 Å². The summed E-state index contributed by atoms with van der Waals surface area (Å²) in [4.78, 5) is 10.2. The van der Waals surface area contributed by atoms with E-state index in [-0.39, 0.29) is 12.2 Å². The molecule has 2 aromatic rings. The Labute approximate surface area is 140 Å². The zero-order valence-corrected chi connectivity index (χ0v) is 13.1. The Bertz CT molecular complexity index is 766. The van der Waals surface area contributed by atoms with Crippen LogP contribution in [-0.4, -0.2) is 12.0 Å². The van der Waals surface area contributed by atoms with Crippen molar-refractivity contribution in [3.8, 4) is 5.75 Å². The number of nitrogens with one attached hydrogen (secondary N) is 1. The molecule has 2 rings (SSSR count). The first kappa shape index (κ1) is 17.9. The number of para-hydroxylation sites is 1. The summed E-state index contributed by atoms with van der Waals surface area (Å²) < 4.78 is 43.6. The molecular formula is C15H12ClF3N2O3. The number of alkyl halides is 3. The highest BCUT2D eigenvalue weighted by Crippen LogP contribution is 2.40. The van der Waals surface area contributed by atoms with Crippen LogP contribution in [0.4, 0.5) is 24.5 Å². The summed E-state index contributed by atoms with van der Waals surface area (Å²) in [6.45, 7) is 0.118. The lowest BCUT2D eigenvalue weighted by molar-refractivity contribution is -0.384. The molecule has 2 aromatic carbocycles.